The zero-order valence-electron chi connectivity index (χ0n) is 17.9. The van der Waals surface area contributed by atoms with E-state index >= 15 is 0 Å². The number of nitrogens with one attached hydrogen (secondary N) is 3. The van der Waals surface area contributed by atoms with E-state index in [4.69, 9.17) is 0 Å². The maximum atomic E-state index is 13.7. The Morgan fingerprint density at radius 2 is 1.87 bits per heavy atom. The second kappa shape index (κ2) is 9.49. The second-order valence-corrected chi connectivity index (χ2v) is 7.78. The Morgan fingerprint density at radius 1 is 1.16 bits per heavy atom. The van der Waals surface area contributed by atoms with Gasteiger partial charge < -0.3 is 15.5 Å². The van der Waals surface area contributed by atoms with Crippen molar-refractivity contribution in [3.63, 3.8) is 0 Å². The summed E-state index contributed by atoms with van der Waals surface area (Å²) in [5.74, 6) is -0.296. The van der Waals surface area contributed by atoms with Gasteiger partial charge in [0.2, 0.25) is 11.8 Å². The molecule has 2 heterocycles. The molecule has 0 radical (unpaired) electrons. The van der Waals surface area contributed by atoms with E-state index < -0.39 is 6.04 Å². The van der Waals surface area contributed by atoms with Crippen LogP contribution in [0.5, 0.6) is 0 Å². The number of aromatic amines is 1. The van der Waals surface area contributed by atoms with E-state index in [1.165, 1.54) is 0 Å². The van der Waals surface area contributed by atoms with E-state index in [1.807, 2.05) is 55.5 Å². The Kier molecular flexibility index (Phi) is 6.97. The van der Waals surface area contributed by atoms with Crippen LogP contribution in [0.1, 0.15) is 37.6 Å². The van der Waals surface area contributed by atoms with Crippen LogP contribution in [0.3, 0.4) is 0 Å². The number of rotatable bonds is 5. The molecule has 0 saturated carbocycles. The normalized spacial score (nSPS) is 18.0. The van der Waals surface area contributed by atoms with Crippen molar-refractivity contribution in [1.29, 1.82) is 0 Å². The molecule has 0 bridgehead atoms. The molecule has 2 amide bonds. The van der Waals surface area contributed by atoms with Crippen molar-refractivity contribution in [3.05, 3.63) is 59.8 Å². The number of carbonyl (C=O) groups is 2. The SMILES string of the molecule is CNC(C)C(=O)NC1CCc2ccccc2N(C(C)c2n[nH]c3ccccc23)C1=O.Cl. The number of hydrogen-bond acceptors (Lipinski definition) is 4. The number of fused-ring (bicyclic) bond motifs is 2. The van der Waals surface area contributed by atoms with Crippen molar-refractivity contribution >= 4 is 40.8 Å². The Balaban J connectivity index is 0.00000272. The number of halogens is 1. The molecule has 0 spiro atoms. The van der Waals surface area contributed by atoms with Gasteiger partial charge in [-0.05, 0) is 51.4 Å². The van der Waals surface area contributed by atoms with Gasteiger partial charge in [0.1, 0.15) is 6.04 Å². The van der Waals surface area contributed by atoms with Crippen molar-refractivity contribution in [1.82, 2.24) is 20.8 Å². The predicted octanol–water partition coefficient (Wildman–Crippen LogP) is 3.12. The molecule has 4 rings (SSSR count). The van der Waals surface area contributed by atoms with Gasteiger partial charge in [-0.1, -0.05) is 36.4 Å². The van der Waals surface area contributed by atoms with E-state index in [-0.39, 0.29) is 36.3 Å². The molecule has 1 aliphatic rings. The molecular weight excluding hydrogens is 414 g/mol. The first-order valence-corrected chi connectivity index (χ1v) is 10.3. The van der Waals surface area contributed by atoms with Gasteiger partial charge in [-0.2, -0.15) is 5.10 Å². The highest BCUT2D eigenvalue weighted by Crippen LogP contribution is 2.35. The molecule has 1 aliphatic heterocycles. The van der Waals surface area contributed by atoms with Gasteiger partial charge in [0.15, 0.2) is 0 Å². The third kappa shape index (κ3) is 4.29. The average Bonchev–Trinajstić information content (AvgIpc) is 3.15. The molecule has 2 aromatic carbocycles. The molecule has 31 heavy (non-hydrogen) atoms. The minimum atomic E-state index is -0.589. The Labute approximate surface area is 188 Å². The maximum absolute atomic E-state index is 13.7. The molecule has 3 unspecified atom stereocenters. The molecule has 0 saturated heterocycles. The summed E-state index contributed by atoms with van der Waals surface area (Å²) in [6.07, 6.45) is 1.27. The van der Waals surface area contributed by atoms with Crippen LogP contribution < -0.4 is 15.5 Å². The zero-order valence-corrected chi connectivity index (χ0v) is 18.7. The molecule has 8 heteroatoms. The van der Waals surface area contributed by atoms with Crippen LogP contribution in [0, 0.1) is 0 Å². The van der Waals surface area contributed by atoms with Crippen LogP contribution in [0.4, 0.5) is 5.69 Å². The zero-order chi connectivity index (χ0) is 21.3. The number of anilines is 1. The molecule has 1 aromatic heterocycles. The third-order valence-corrected chi connectivity index (χ3v) is 5.91. The lowest BCUT2D eigenvalue weighted by atomic mass is 10.1. The number of aromatic nitrogens is 2. The number of nitrogens with zero attached hydrogens (tertiary/aromatic N) is 2. The van der Waals surface area contributed by atoms with Gasteiger partial charge in [-0.3, -0.25) is 14.7 Å². The summed E-state index contributed by atoms with van der Waals surface area (Å²) < 4.78 is 0. The summed E-state index contributed by atoms with van der Waals surface area (Å²) in [4.78, 5) is 28.0. The Morgan fingerprint density at radius 3 is 2.65 bits per heavy atom. The fourth-order valence-corrected chi connectivity index (χ4v) is 4.05. The van der Waals surface area contributed by atoms with Crippen LogP contribution >= 0.6 is 12.4 Å². The quantitative estimate of drug-likeness (QED) is 0.567. The number of likely N-dealkylation sites (N-methyl/N-ethyl adjacent to an activating group) is 1. The van der Waals surface area contributed by atoms with E-state index in [9.17, 15) is 9.59 Å². The van der Waals surface area contributed by atoms with Gasteiger partial charge in [-0.25, -0.2) is 0 Å². The van der Waals surface area contributed by atoms with Crippen molar-refractivity contribution in [2.75, 3.05) is 11.9 Å². The number of H-pyrrole nitrogens is 1. The van der Waals surface area contributed by atoms with Gasteiger partial charge >= 0.3 is 0 Å². The second-order valence-electron chi connectivity index (χ2n) is 7.78. The number of hydrogen-bond donors (Lipinski definition) is 3. The van der Waals surface area contributed by atoms with Crippen LogP contribution in [-0.2, 0) is 16.0 Å². The summed E-state index contributed by atoms with van der Waals surface area (Å²) in [5, 5.41) is 14.4. The molecule has 0 aliphatic carbocycles. The van der Waals surface area contributed by atoms with Crippen molar-refractivity contribution in [3.8, 4) is 0 Å². The first-order valence-electron chi connectivity index (χ1n) is 10.3. The summed E-state index contributed by atoms with van der Waals surface area (Å²) in [5.41, 5.74) is 3.71. The third-order valence-electron chi connectivity index (χ3n) is 5.91. The number of aryl methyl sites for hydroxylation is 1. The summed E-state index contributed by atoms with van der Waals surface area (Å²) in [6.45, 7) is 3.76. The lowest BCUT2D eigenvalue weighted by Crippen LogP contribution is -2.52. The largest absolute Gasteiger partial charge is 0.343 e. The lowest BCUT2D eigenvalue weighted by molar-refractivity contribution is -0.128. The van der Waals surface area contributed by atoms with Gasteiger partial charge in [-0.15, -0.1) is 12.4 Å². The highest BCUT2D eigenvalue weighted by molar-refractivity contribution is 6.02. The molecule has 3 aromatic rings. The lowest BCUT2D eigenvalue weighted by Gasteiger charge is -2.31. The molecular formula is C23H28ClN5O2. The topological polar surface area (TPSA) is 90.1 Å². The van der Waals surface area contributed by atoms with Gasteiger partial charge in [0, 0.05) is 11.1 Å². The van der Waals surface area contributed by atoms with Crippen LogP contribution in [-0.4, -0.2) is 41.1 Å². The summed E-state index contributed by atoms with van der Waals surface area (Å²) in [6, 6.07) is 14.6. The van der Waals surface area contributed by atoms with Crippen molar-refractivity contribution in [2.45, 2.75) is 44.8 Å². The summed E-state index contributed by atoms with van der Waals surface area (Å²) in [7, 11) is 1.73. The number of amides is 2. The molecule has 7 nitrogen and oxygen atoms in total. The Bertz CT molecular complexity index is 1080. The average molecular weight is 442 g/mol. The minimum Gasteiger partial charge on any atom is -0.343 e. The highest BCUT2D eigenvalue weighted by atomic mass is 35.5. The van der Waals surface area contributed by atoms with Crippen LogP contribution in [0.15, 0.2) is 48.5 Å². The first kappa shape index (κ1) is 22.8. The van der Waals surface area contributed by atoms with E-state index in [1.54, 1.807) is 18.9 Å². The molecule has 164 valence electrons. The van der Waals surface area contributed by atoms with E-state index in [0.29, 0.717) is 12.8 Å². The molecule has 3 N–H and O–H groups in total. The van der Waals surface area contributed by atoms with Crippen LogP contribution in [0.25, 0.3) is 10.9 Å². The molecule has 3 atom stereocenters. The van der Waals surface area contributed by atoms with Crippen molar-refractivity contribution in [2.24, 2.45) is 0 Å². The molecule has 0 fully saturated rings. The fraction of sp³-hybridized carbons (Fsp3) is 0.348. The fourth-order valence-electron chi connectivity index (χ4n) is 4.05. The highest BCUT2D eigenvalue weighted by Gasteiger charge is 2.36. The number of benzene rings is 2. The standard InChI is InChI=1S/C23H27N5O2.ClH/c1-14(24-3)22(29)25-19-13-12-16-8-4-7-11-20(16)28(23(19)30)15(2)21-17-9-5-6-10-18(17)26-27-21;/h4-11,14-15,19,24H,12-13H2,1-3H3,(H,25,29)(H,26,27);1H. The number of carbonyl (C=O) groups excluding carboxylic acids is 2. The number of para-hydroxylation sites is 2. The first-order chi connectivity index (χ1) is 14.5. The van der Waals surface area contributed by atoms with Crippen LogP contribution in [0.2, 0.25) is 0 Å². The van der Waals surface area contributed by atoms with E-state index in [2.05, 4.69) is 20.8 Å². The maximum Gasteiger partial charge on any atom is 0.250 e. The summed E-state index contributed by atoms with van der Waals surface area (Å²) >= 11 is 0. The monoisotopic (exact) mass is 441 g/mol. The Hall–Kier alpha value is -2.90. The minimum absolute atomic E-state index is 0. The smallest absolute Gasteiger partial charge is 0.250 e. The predicted molar refractivity (Wildman–Crippen MR) is 124 cm³/mol. The van der Waals surface area contributed by atoms with E-state index in [0.717, 1.165) is 27.8 Å². The van der Waals surface area contributed by atoms with Gasteiger partial charge in [0.25, 0.3) is 0 Å². The van der Waals surface area contributed by atoms with Crippen molar-refractivity contribution < 1.29 is 9.59 Å². The van der Waals surface area contributed by atoms with Gasteiger partial charge in [0.05, 0.1) is 23.3 Å².